The molecule has 40 atom stereocenters. The Balaban J connectivity index is 0.850. The minimum atomic E-state index is -1.02. The minimum Gasteiger partial charge on any atom is -0.390 e. The maximum atomic E-state index is 12.2. The first-order valence-corrected chi connectivity index (χ1v) is 35.8. The number of aliphatic hydroxyl groups is 4. The topological polar surface area (TPSA) is 219 Å². The molecule has 8 rings (SSSR count). The van der Waals surface area contributed by atoms with Gasteiger partial charge in [-0.1, -0.05) is 145 Å². The summed E-state index contributed by atoms with van der Waals surface area (Å²) in [6.45, 7) is 46.2. The third-order valence-electron chi connectivity index (χ3n) is 23.9. The zero-order chi connectivity index (χ0) is 65.4. The molecule has 0 spiro atoms. The van der Waals surface area contributed by atoms with Crippen LogP contribution in [0.5, 0.6) is 0 Å². The van der Waals surface area contributed by atoms with Gasteiger partial charge in [-0.25, -0.2) is 0 Å². The highest BCUT2D eigenvalue weighted by atomic mass is 16.8. The lowest BCUT2D eigenvalue weighted by atomic mass is 9.78. The van der Waals surface area contributed by atoms with Crippen molar-refractivity contribution in [2.45, 2.75) is 370 Å². The van der Waals surface area contributed by atoms with E-state index in [2.05, 4.69) is 118 Å². The number of hydrogen-bond donors (Lipinski definition) is 4. The molecule has 4 N–H and O–H groups in total. The van der Waals surface area contributed by atoms with Crippen LogP contribution in [-0.4, -0.2) is 187 Å². The van der Waals surface area contributed by atoms with E-state index >= 15 is 0 Å². The summed E-state index contributed by atoms with van der Waals surface area (Å²) in [6.07, 6.45) is -8.28. The van der Waals surface area contributed by atoms with Crippen LogP contribution in [0.15, 0.2) is 0 Å². The Hall–Kier alpha value is -0.760. The fourth-order valence-corrected chi connectivity index (χ4v) is 16.3. The molecule has 0 aromatic heterocycles. The Bertz CT molecular complexity index is 2100. The maximum Gasteiger partial charge on any atom is 0.184 e. The lowest BCUT2D eigenvalue weighted by Crippen LogP contribution is -2.62. The molecule has 19 heteroatoms. The molecule has 0 aliphatic carbocycles. The fraction of sp³-hybridized carbons (Fsp3) is 1.00. The van der Waals surface area contributed by atoms with E-state index in [-0.39, 0.29) is 139 Å². The summed E-state index contributed by atoms with van der Waals surface area (Å²) in [5.41, 5.74) is 0. The Kier molecular flexibility index (Phi) is 26.7. The third kappa shape index (κ3) is 15.3. The van der Waals surface area contributed by atoms with Crippen molar-refractivity contribution in [1.82, 2.24) is 0 Å². The molecule has 0 amide bonds. The van der Waals surface area contributed by atoms with Crippen molar-refractivity contribution in [1.29, 1.82) is 0 Å². The van der Waals surface area contributed by atoms with Crippen molar-refractivity contribution in [3.05, 3.63) is 0 Å². The van der Waals surface area contributed by atoms with Crippen LogP contribution in [0.25, 0.3) is 0 Å². The zero-order valence-corrected chi connectivity index (χ0v) is 58.7. The molecule has 520 valence electrons. The summed E-state index contributed by atoms with van der Waals surface area (Å²) in [4.78, 5) is 0. The van der Waals surface area contributed by atoms with Crippen LogP contribution < -0.4 is 0 Å². The quantitative estimate of drug-likeness (QED) is 0.0792. The summed E-state index contributed by atoms with van der Waals surface area (Å²) in [5.74, 6) is -0.555. The summed E-state index contributed by atoms with van der Waals surface area (Å²) in [5, 5.41) is 47.1. The van der Waals surface area contributed by atoms with E-state index in [9.17, 15) is 20.4 Å². The van der Waals surface area contributed by atoms with Gasteiger partial charge in [0.05, 0.1) is 104 Å². The van der Waals surface area contributed by atoms with Crippen LogP contribution >= 0.6 is 0 Å². The zero-order valence-electron chi connectivity index (χ0n) is 58.7. The van der Waals surface area contributed by atoms with Gasteiger partial charge in [0.1, 0.15) is 18.3 Å². The molecule has 0 aromatic rings. The molecular weight excluding hydrogens is 1140 g/mol. The van der Waals surface area contributed by atoms with Gasteiger partial charge in [-0.15, -0.1) is 0 Å². The first-order valence-electron chi connectivity index (χ1n) is 35.8. The van der Waals surface area contributed by atoms with Crippen LogP contribution in [0.1, 0.15) is 204 Å². The first-order chi connectivity index (χ1) is 42.2. The van der Waals surface area contributed by atoms with Crippen molar-refractivity contribution < 1.29 is 91.5 Å². The standard InChI is InChI=1S/C70H126O19/c1-23-45-32(10)31(9)36(14)64(76-45)84-61-41(19)54(72)68(80-50(61)28-6)88-58-34(12)38(16)66(78-48(58)26-4)86-63-43(21)56(74)70(82-52(63)30-8)89-59-35(13)39(17)67(79-49(59)27-5)85-62-42(20)55(73)69(81-51(62)29-7)87-57-33(11)37(15)65(77-47(57)25-3)83-60-40(18)53(71)44(22)75-46(60)24-2/h31-74H,23-30H2,1-22H3/t31?,32-,33+,34+,35?,36?,37?,38?,39?,40+,41?,42?,43+,44-,45?,46?,47?,48?,49?,50?,51?,52?,53?,54?,55?,56?,57-,58-,59-,60-,61-,62-,63-,64+,65-,66-,67+,68-,69-,70-/m0/s1. The minimum absolute atomic E-state index is 0.00992. The molecule has 8 saturated heterocycles. The number of rotatable bonds is 22. The predicted octanol–water partition coefficient (Wildman–Crippen LogP) is 10.5. The molecule has 8 aliphatic rings. The smallest absolute Gasteiger partial charge is 0.184 e. The van der Waals surface area contributed by atoms with E-state index in [1.807, 2.05) is 34.6 Å². The molecule has 8 heterocycles. The molecule has 8 aliphatic heterocycles. The molecule has 20 unspecified atom stereocenters. The van der Waals surface area contributed by atoms with Gasteiger partial charge in [0.15, 0.2) is 44.0 Å². The third-order valence-corrected chi connectivity index (χ3v) is 23.9. The van der Waals surface area contributed by atoms with Gasteiger partial charge >= 0.3 is 0 Å². The predicted molar refractivity (Wildman–Crippen MR) is 335 cm³/mol. The lowest BCUT2D eigenvalue weighted by molar-refractivity contribution is -0.378. The second kappa shape index (κ2) is 32.1. The monoisotopic (exact) mass is 1270 g/mol. The van der Waals surface area contributed by atoms with Gasteiger partial charge in [0, 0.05) is 47.3 Å². The van der Waals surface area contributed by atoms with Gasteiger partial charge < -0.3 is 91.5 Å². The van der Waals surface area contributed by atoms with Gasteiger partial charge in [0.2, 0.25) is 0 Å². The van der Waals surface area contributed by atoms with Crippen LogP contribution in [-0.2, 0) is 71.1 Å². The van der Waals surface area contributed by atoms with Crippen molar-refractivity contribution in [3.8, 4) is 0 Å². The van der Waals surface area contributed by atoms with Crippen molar-refractivity contribution in [3.63, 3.8) is 0 Å². The van der Waals surface area contributed by atoms with Gasteiger partial charge in [-0.05, 0) is 87.9 Å². The summed E-state index contributed by atoms with van der Waals surface area (Å²) in [7, 11) is 0. The highest BCUT2D eigenvalue weighted by Gasteiger charge is 2.56. The second-order valence-electron chi connectivity index (χ2n) is 29.3. The van der Waals surface area contributed by atoms with Crippen molar-refractivity contribution in [2.24, 2.45) is 76.9 Å². The number of hydrogen-bond acceptors (Lipinski definition) is 19. The van der Waals surface area contributed by atoms with E-state index in [1.165, 1.54) is 0 Å². The van der Waals surface area contributed by atoms with Gasteiger partial charge in [0.25, 0.3) is 0 Å². The fourth-order valence-electron chi connectivity index (χ4n) is 16.3. The van der Waals surface area contributed by atoms with Crippen LogP contribution in [0, 0.1) is 76.9 Å². The van der Waals surface area contributed by atoms with E-state index in [0.717, 1.165) is 12.8 Å². The Morgan fingerprint density at radius 3 is 0.652 bits per heavy atom. The van der Waals surface area contributed by atoms with E-state index in [1.54, 1.807) is 0 Å². The first kappa shape index (κ1) is 74.0. The van der Waals surface area contributed by atoms with Crippen LogP contribution in [0.2, 0.25) is 0 Å². The summed E-state index contributed by atoms with van der Waals surface area (Å²) < 4.78 is 101. The molecule has 8 fully saturated rings. The number of aliphatic hydroxyl groups excluding tert-OH is 4. The summed E-state index contributed by atoms with van der Waals surface area (Å²) >= 11 is 0. The van der Waals surface area contributed by atoms with Crippen LogP contribution in [0.3, 0.4) is 0 Å². The molecular formula is C70H126O19. The van der Waals surface area contributed by atoms with E-state index < -0.39 is 92.7 Å². The van der Waals surface area contributed by atoms with Gasteiger partial charge in [-0.2, -0.15) is 0 Å². The van der Waals surface area contributed by atoms with Crippen molar-refractivity contribution >= 4 is 0 Å². The highest BCUT2D eigenvalue weighted by molar-refractivity contribution is 4.98. The number of ether oxygens (including phenoxy) is 15. The molecule has 19 nitrogen and oxygen atoms in total. The Morgan fingerprint density at radius 1 is 0.202 bits per heavy atom. The SMILES string of the molecule is CCC1O[C@H](O[C@@H]2C(CC)O[C@@H](O[C@@H]3C(CC)O[C@@H](O[C@@H]4C(CC)O[C@@H](O[C@@H]5C(CC)O[C@H](O[C@@H]6C(CC)O[C@@H](O[C@@H]7C(CC)O[C@@H](O[C@@H]8C(CC)O[C@@H](C)C(O)[C@H]8C)C(C)[C@H]7C)C(O)C6C)C(C)C5C)C(O)[C@H]4C)C(C)[C@H]3C)C(O)C2C)C(C)C(C)[C@@H]1C. The summed E-state index contributed by atoms with van der Waals surface area (Å²) in [6, 6.07) is 0. The van der Waals surface area contributed by atoms with E-state index in [0.29, 0.717) is 50.4 Å². The lowest BCUT2D eigenvalue weighted by Gasteiger charge is -2.52. The molecule has 0 saturated carbocycles. The molecule has 0 aromatic carbocycles. The van der Waals surface area contributed by atoms with Crippen LogP contribution in [0.4, 0.5) is 0 Å². The largest absolute Gasteiger partial charge is 0.390 e. The highest BCUT2D eigenvalue weighted by Crippen LogP contribution is 2.47. The molecule has 0 bridgehead atoms. The van der Waals surface area contributed by atoms with Gasteiger partial charge in [-0.3, -0.25) is 0 Å². The molecule has 89 heavy (non-hydrogen) atoms. The average Bonchev–Trinajstić information content (AvgIpc) is 2.36. The Labute approximate surface area is 536 Å². The normalized spacial score (nSPS) is 53.6. The average molecular weight is 1270 g/mol. The molecule has 0 radical (unpaired) electrons. The Morgan fingerprint density at radius 2 is 0.393 bits per heavy atom. The van der Waals surface area contributed by atoms with E-state index in [4.69, 9.17) is 71.1 Å². The second-order valence-corrected chi connectivity index (χ2v) is 29.3. The van der Waals surface area contributed by atoms with Crippen molar-refractivity contribution in [2.75, 3.05) is 0 Å². The maximum absolute atomic E-state index is 12.2.